The Balaban J connectivity index is 1.73. The molecule has 29 heavy (non-hydrogen) atoms. The first-order chi connectivity index (χ1) is 13.9. The van der Waals surface area contributed by atoms with E-state index in [-0.39, 0.29) is 23.4 Å². The molecule has 0 aliphatic carbocycles. The minimum Gasteiger partial charge on any atom is -0.494 e. The Morgan fingerprint density at radius 3 is 2.52 bits per heavy atom. The van der Waals surface area contributed by atoms with Crippen LogP contribution in [-0.4, -0.2) is 24.0 Å². The maximum absolute atomic E-state index is 12.7. The highest BCUT2D eigenvalue weighted by Crippen LogP contribution is 2.29. The van der Waals surface area contributed by atoms with Crippen LogP contribution in [0, 0.1) is 10.1 Å². The van der Waals surface area contributed by atoms with Gasteiger partial charge < -0.3 is 10.1 Å². The zero-order chi connectivity index (χ0) is 21.0. The molecule has 2 atom stereocenters. The standard InChI is InChI=1S/C22H23N3O4/c1-14(18-10-6-8-16-7-4-5-9-19(16)18)23-15(2)22(26)24-20-12-11-17(25(27)28)13-21(20)29-3/h4-15,23H,1-3H3,(H,24,26)/t14-,15+/m1/s1. The van der Waals surface area contributed by atoms with Gasteiger partial charge in [0.2, 0.25) is 5.91 Å². The molecule has 3 aromatic rings. The van der Waals surface area contributed by atoms with Crippen LogP contribution in [0.5, 0.6) is 5.75 Å². The van der Waals surface area contributed by atoms with Gasteiger partial charge in [-0.05, 0) is 36.2 Å². The van der Waals surface area contributed by atoms with Gasteiger partial charge in [0, 0.05) is 12.1 Å². The molecule has 0 aliphatic rings. The van der Waals surface area contributed by atoms with E-state index in [1.54, 1.807) is 6.92 Å². The van der Waals surface area contributed by atoms with Gasteiger partial charge in [-0.1, -0.05) is 42.5 Å². The highest BCUT2D eigenvalue weighted by atomic mass is 16.6. The second-order valence-corrected chi connectivity index (χ2v) is 6.81. The lowest BCUT2D eigenvalue weighted by Gasteiger charge is -2.21. The van der Waals surface area contributed by atoms with Gasteiger partial charge in [0.1, 0.15) is 5.75 Å². The molecule has 0 unspecified atom stereocenters. The van der Waals surface area contributed by atoms with Crippen molar-refractivity contribution in [3.05, 3.63) is 76.3 Å². The minimum atomic E-state index is -0.510. The van der Waals surface area contributed by atoms with Gasteiger partial charge in [-0.25, -0.2) is 0 Å². The molecule has 3 aromatic carbocycles. The fourth-order valence-corrected chi connectivity index (χ4v) is 3.31. The second-order valence-electron chi connectivity index (χ2n) is 6.81. The van der Waals surface area contributed by atoms with Crippen LogP contribution >= 0.6 is 0 Å². The second kappa shape index (κ2) is 8.70. The fraction of sp³-hybridized carbons (Fsp3) is 0.227. The van der Waals surface area contributed by atoms with Crippen LogP contribution in [-0.2, 0) is 4.79 Å². The van der Waals surface area contributed by atoms with Crippen molar-refractivity contribution in [1.82, 2.24) is 5.32 Å². The topological polar surface area (TPSA) is 93.5 Å². The number of hydrogen-bond donors (Lipinski definition) is 2. The van der Waals surface area contributed by atoms with Gasteiger partial charge in [-0.15, -0.1) is 0 Å². The number of ether oxygens (including phenoxy) is 1. The lowest BCUT2D eigenvalue weighted by molar-refractivity contribution is -0.384. The number of amides is 1. The minimum absolute atomic E-state index is 0.0550. The number of nitrogens with zero attached hydrogens (tertiary/aromatic N) is 1. The number of hydrogen-bond acceptors (Lipinski definition) is 5. The van der Waals surface area contributed by atoms with E-state index in [2.05, 4.69) is 28.8 Å². The van der Waals surface area contributed by atoms with Gasteiger partial charge in [-0.3, -0.25) is 20.2 Å². The number of fused-ring (bicyclic) bond motifs is 1. The van der Waals surface area contributed by atoms with E-state index in [4.69, 9.17) is 4.74 Å². The predicted molar refractivity (Wildman–Crippen MR) is 113 cm³/mol. The van der Waals surface area contributed by atoms with Crippen LogP contribution in [0.1, 0.15) is 25.5 Å². The van der Waals surface area contributed by atoms with Crippen LogP contribution in [0.25, 0.3) is 10.8 Å². The number of non-ortho nitro benzene ring substituents is 1. The first-order valence-corrected chi connectivity index (χ1v) is 9.27. The Morgan fingerprint density at radius 1 is 1.07 bits per heavy atom. The highest BCUT2D eigenvalue weighted by molar-refractivity contribution is 5.96. The number of rotatable bonds is 7. The Bertz CT molecular complexity index is 1050. The van der Waals surface area contributed by atoms with Gasteiger partial charge in [0.05, 0.1) is 29.8 Å². The number of carbonyl (C=O) groups excluding carboxylic acids is 1. The molecule has 7 nitrogen and oxygen atoms in total. The Hall–Kier alpha value is -3.45. The van der Waals surface area contributed by atoms with E-state index in [0.29, 0.717) is 5.69 Å². The van der Waals surface area contributed by atoms with Crippen molar-refractivity contribution >= 4 is 28.1 Å². The first kappa shape index (κ1) is 20.3. The summed E-state index contributed by atoms with van der Waals surface area (Å²) in [6, 6.07) is 17.8. The number of carbonyl (C=O) groups is 1. The zero-order valence-corrected chi connectivity index (χ0v) is 16.5. The van der Waals surface area contributed by atoms with Crippen LogP contribution < -0.4 is 15.4 Å². The quantitative estimate of drug-likeness (QED) is 0.457. The summed E-state index contributed by atoms with van der Waals surface area (Å²) in [5, 5.41) is 19.3. The van der Waals surface area contributed by atoms with E-state index < -0.39 is 11.0 Å². The molecule has 2 N–H and O–H groups in total. The Kier molecular flexibility index (Phi) is 6.09. The average Bonchev–Trinajstić information content (AvgIpc) is 2.73. The third-order valence-corrected chi connectivity index (χ3v) is 4.84. The smallest absolute Gasteiger partial charge is 0.273 e. The number of methoxy groups -OCH3 is 1. The van der Waals surface area contributed by atoms with Crippen LogP contribution in [0.2, 0.25) is 0 Å². The molecular weight excluding hydrogens is 370 g/mol. The van der Waals surface area contributed by atoms with Crippen LogP contribution in [0.4, 0.5) is 11.4 Å². The highest BCUT2D eigenvalue weighted by Gasteiger charge is 2.20. The molecule has 0 aliphatic heterocycles. The Morgan fingerprint density at radius 2 is 1.79 bits per heavy atom. The van der Waals surface area contributed by atoms with Gasteiger partial charge in [-0.2, -0.15) is 0 Å². The van der Waals surface area contributed by atoms with Crippen LogP contribution in [0.3, 0.4) is 0 Å². The molecule has 0 saturated carbocycles. The summed E-state index contributed by atoms with van der Waals surface area (Å²) in [6.07, 6.45) is 0. The predicted octanol–water partition coefficient (Wildman–Crippen LogP) is 4.43. The summed E-state index contributed by atoms with van der Waals surface area (Å²) in [5.41, 5.74) is 1.39. The summed E-state index contributed by atoms with van der Waals surface area (Å²) in [5.74, 6) is -0.0221. The Labute approximate surface area is 168 Å². The summed E-state index contributed by atoms with van der Waals surface area (Å²) in [6.45, 7) is 3.78. The van der Waals surface area contributed by atoms with Crippen molar-refractivity contribution in [3.63, 3.8) is 0 Å². The number of nitro groups is 1. The number of anilines is 1. The molecule has 0 heterocycles. The van der Waals surface area contributed by atoms with Crippen molar-refractivity contribution in [1.29, 1.82) is 0 Å². The molecule has 3 rings (SSSR count). The lowest BCUT2D eigenvalue weighted by atomic mass is 9.99. The lowest BCUT2D eigenvalue weighted by Crippen LogP contribution is -2.39. The molecule has 0 radical (unpaired) electrons. The maximum Gasteiger partial charge on any atom is 0.273 e. The summed E-state index contributed by atoms with van der Waals surface area (Å²) < 4.78 is 5.18. The molecule has 0 spiro atoms. The molecule has 150 valence electrons. The largest absolute Gasteiger partial charge is 0.494 e. The number of benzene rings is 3. The molecule has 0 saturated heterocycles. The number of nitrogens with one attached hydrogen (secondary N) is 2. The maximum atomic E-state index is 12.7. The third-order valence-electron chi connectivity index (χ3n) is 4.84. The summed E-state index contributed by atoms with van der Waals surface area (Å²) in [7, 11) is 1.40. The SMILES string of the molecule is COc1cc([N+](=O)[O-])ccc1NC(=O)[C@H](C)N[C@H](C)c1cccc2ccccc12. The number of nitro benzene ring substituents is 1. The van der Waals surface area contributed by atoms with E-state index in [1.807, 2.05) is 31.2 Å². The average molecular weight is 393 g/mol. The van der Waals surface area contributed by atoms with E-state index in [0.717, 1.165) is 16.3 Å². The molecular formula is C22H23N3O4. The molecule has 0 fully saturated rings. The fourth-order valence-electron chi connectivity index (χ4n) is 3.31. The zero-order valence-electron chi connectivity index (χ0n) is 16.5. The van der Waals surface area contributed by atoms with Gasteiger partial charge in [0.25, 0.3) is 5.69 Å². The van der Waals surface area contributed by atoms with Gasteiger partial charge >= 0.3 is 0 Å². The normalized spacial score (nSPS) is 12.9. The summed E-state index contributed by atoms with van der Waals surface area (Å²) >= 11 is 0. The van der Waals surface area contributed by atoms with Crippen molar-refractivity contribution < 1.29 is 14.5 Å². The first-order valence-electron chi connectivity index (χ1n) is 9.27. The van der Waals surface area contributed by atoms with E-state index in [1.165, 1.54) is 25.3 Å². The van der Waals surface area contributed by atoms with Crippen LogP contribution in [0.15, 0.2) is 60.7 Å². The molecule has 1 amide bonds. The van der Waals surface area contributed by atoms with Crippen molar-refractivity contribution in [3.8, 4) is 5.75 Å². The molecule has 0 bridgehead atoms. The van der Waals surface area contributed by atoms with Crippen molar-refractivity contribution in [2.75, 3.05) is 12.4 Å². The summed E-state index contributed by atoms with van der Waals surface area (Å²) in [4.78, 5) is 23.1. The van der Waals surface area contributed by atoms with Gasteiger partial charge in [0.15, 0.2) is 0 Å². The van der Waals surface area contributed by atoms with Crippen molar-refractivity contribution in [2.24, 2.45) is 0 Å². The van der Waals surface area contributed by atoms with E-state index in [9.17, 15) is 14.9 Å². The van der Waals surface area contributed by atoms with Crippen molar-refractivity contribution in [2.45, 2.75) is 25.9 Å². The van der Waals surface area contributed by atoms with E-state index >= 15 is 0 Å². The monoisotopic (exact) mass is 393 g/mol. The third kappa shape index (κ3) is 4.52. The molecule has 0 aromatic heterocycles. The molecule has 7 heteroatoms.